The van der Waals surface area contributed by atoms with Crippen molar-refractivity contribution in [1.29, 1.82) is 0 Å². The van der Waals surface area contributed by atoms with Gasteiger partial charge in [0.25, 0.3) is 0 Å². The number of aliphatic hydroxyl groups excluding tert-OH is 1. The number of thiazole rings is 1. The van der Waals surface area contributed by atoms with E-state index in [1.807, 2.05) is 24.3 Å². The largest absolute Gasteiger partial charge is 0.497 e. The Morgan fingerprint density at radius 2 is 1.95 bits per heavy atom. The van der Waals surface area contributed by atoms with E-state index in [0.717, 1.165) is 27.7 Å². The van der Waals surface area contributed by atoms with E-state index in [2.05, 4.69) is 4.98 Å². The second-order valence-electron chi connectivity index (χ2n) is 4.09. The van der Waals surface area contributed by atoms with Crippen LogP contribution in [0.4, 0.5) is 0 Å². The maximum Gasteiger partial charge on any atom is 0.118 e. The van der Waals surface area contributed by atoms with Crippen molar-refractivity contribution in [2.45, 2.75) is 19.6 Å². The summed E-state index contributed by atoms with van der Waals surface area (Å²) < 4.78 is 10.2. The fraction of sp³-hybridized carbons (Fsp3) is 0.357. The summed E-state index contributed by atoms with van der Waals surface area (Å²) in [4.78, 5) is 5.39. The van der Waals surface area contributed by atoms with Gasteiger partial charge in [0.05, 0.1) is 35.9 Å². The lowest BCUT2D eigenvalue weighted by Crippen LogP contribution is -1.94. The SMILES string of the molecule is COCc1nc(Cc2ccc(OC)cc2)sc1CO. The minimum Gasteiger partial charge on any atom is -0.497 e. The molecule has 0 saturated heterocycles. The molecule has 0 unspecified atom stereocenters. The van der Waals surface area contributed by atoms with E-state index in [0.29, 0.717) is 6.61 Å². The predicted molar refractivity (Wildman–Crippen MR) is 74.5 cm³/mol. The summed E-state index contributed by atoms with van der Waals surface area (Å²) in [6.07, 6.45) is 0.755. The molecule has 2 aromatic rings. The summed E-state index contributed by atoms with van der Waals surface area (Å²) in [5.74, 6) is 0.846. The zero-order valence-corrected chi connectivity index (χ0v) is 11.9. The van der Waals surface area contributed by atoms with Gasteiger partial charge in [-0.15, -0.1) is 11.3 Å². The number of methoxy groups -OCH3 is 2. The number of hydrogen-bond acceptors (Lipinski definition) is 5. The second kappa shape index (κ2) is 6.65. The number of aromatic nitrogens is 1. The molecule has 0 aliphatic heterocycles. The van der Waals surface area contributed by atoms with E-state index >= 15 is 0 Å². The van der Waals surface area contributed by atoms with Crippen LogP contribution in [-0.2, 0) is 24.4 Å². The first kappa shape index (κ1) is 14.0. The Hall–Kier alpha value is -1.43. The smallest absolute Gasteiger partial charge is 0.118 e. The highest BCUT2D eigenvalue weighted by molar-refractivity contribution is 7.11. The van der Waals surface area contributed by atoms with Gasteiger partial charge in [-0.2, -0.15) is 0 Å². The fourth-order valence-electron chi connectivity index (χ4n) is 1.80. The number of aliphatic hydroxyl groups is 1. The van der Waals surface area contributed by atoms with Gasteiger partial charge in [-0.05, 0) is 17.7 Å². The Balaban J connectivity index is 2.13. The van der Waals surface area contributed by atoms with Gasteiger partial charge in [-0.3, -0.25) is 0 Å². The lowest BCUT2D eigenvalue weighted by Gasteiger charge is -2.01. The van der Waals surface area contributed by atoms with Gasteiger partial charge in [-0.1, -0.05) is 12.1 Å². The number of ether oxygens (including phenoxy) is 2. The van der Waals surface area contributed by atoms with Crippen molar-refractivity contribution in [3.8, 4) is 5.75 Å². The summed E-state index contributed by atoms with van der Waals surface area (Å²) in [7, 11) is 3.28. The van der Waals surface area contributed by atoms with Crippen LogP contribution in [0, 0.1) is 0 Å². The third-order valence-corrected chi connectivity index (χ3v) is 3.84. The molecule has 0 bridgehead atoms. The molecule has 5 heteroatoms. The van der Waals surface area contributed by atoms with E-state index in [1.165, 1.54) is 16.9 Å². The van der Waals surface area contributed by atoms with E-state index in [1.54, 1.807) is 14.2 Å². The van der Waals surface area contributed by atoms with Crippen LogP contribution in [0.3, 0.4) is 0 Å². The van der Waals surface area contributed by atoms with Crippen LogP contribution in [0.25, 0.3) is 0 Å². The molecule has 0 spiro atoms. The summed E-state index contributed by atoms with van der Waals surface area (Å²) in [6, 6.07) is 7.92. The van der Waals surface area contributed by atoms with Gasteiger partial charge in [0.15, 0.2) is 0 Å². The quantitative estimate of drug-likeness (QED) is 0.882. The Morgan fingerprint density at radius 1 is 1.21 bits per heavy atom. The van der Waals surface area contributed by atoms with Crippen molar-refractivity contribution in [3.05, 3.63) is 45.4 Å². The predicted octanol–water partition coefficient (Wildman–Crippen LogP) is 2.38. The number of rotatable bonds is 6. The van der Waals surface area contributed by atoms with Crippen molar-refractivity contribution >= 4 is 11.3 Å². The van der Waals surface area contributed by atoms with Gasteiger partial charge in [0, 0.05) is 13.5 Å². The van der Waals surface area contributed by atoms with E-state index < -0.39 is 0 Å². The average Bonchev–Trinajstić information content (AvgIpc) is 2.82. The molecule has 2 rings (SSSR count). The molecule has 0 amide bonds. The monoisotopic (exact) mass is 279 g/mol. The van der Waals surface area contributed by atoms with Crippen molar-refractivity contribution in [1.82, 2.24) is 4.98 Å². The second-order valence-corrected chi connectivity index (χ2v) is 5.26. The molecule has 0 saturated carbocycles. The summed E-state index contributed by atoms with van der Waals surface area (Å²) in [5.41, 5.74) is 2.00. The minimum absolute atomic E-state index is 0.0129. The highest BCUT2D eigenvalue weighted by atomic mass is 32.1. The van der Waals surface area contributed by atoms with Gasteiger partial charge in [0.2, 0.25) is 0 Å². The Bertz CT molecular complexity index is 522. The third kappa shape index (κ3) is 3.53. The Morgan fingerprint density at radius 3 is 2.53 bits per heavy atom. The van der Waals surface area contributed by atoms with Crippen LogP contribution in [-0.4, -0.2) is 24.3 Å². The molecule has 0 fully saturated rings. The molecule has 1 aromatic heterocycles. The molecule has 0 radical (unpaired) electrons. The summed E-state index contributed by atoms with van der Waals surface area (Å²) >= 11 is 1.53. The maximum absolute atomic E-state index is 9.29. The van der Waals surface area contributed by atoms with Crippen LogP contribution in [0.15, 0.2) is 24.3 Å². The zero-order valence-electron chi connectivity index (χ0n) is 11.0. The lowest BCUT2D eigenvalue weighted by atomic mass is 10.1. The van der Waals surface area contributed by atoms with Crippen molar-refractivity contribution < 1.29 is 14.6 Å². The molecule has 102 valence electrons. The molecule has 1 N–H and O–H groups in total. The molecular weight excluding hydrogens is 262 g/mol. The number of hydrogen-bond donors (Lipinski definition) is 1. The first-order chi connectivity index (χ1) is 9.26. The van der Waals surface area contributed by atoms with Crippen LogP contribution >= 0.6 is 11.3 Å². The van der Waals surface area contributed by atoms with Crippen molar-refractivity contribution in [2.24, 2.45) is 0 Å². The van der Waals surface area contributed by atoms with Gasteiger partial charge < -0.3 is 14.6 Å². The molecule has 0 aliphatic carbocycles. The zero-order chi connectivity index (χ0) is 13.7. The van der Waals surface area contributed by atoms with Gasteiger partial charge >= 0.3 is 0 Å². The topological polar surface area (TPSA) is 51.6 Å². The molecule has 1 aromatic carbocycles. The minimum atomic E-state index is 0.0129. The summed E-state index contributed by atoms with van der Waals surface area (Å²) in [6.45, 7) is 0.452. The van der Waals surface area contributed by atoms with Crippen molar-refractivity contribution in [3.63, 3.8) is 0 Å². The Labute approximate surface area is 116 Å². The van der Waals surface area contributed by atoms with E-state index in [4.69, 9.17) is 9.47 Å². The highest BCUT2D eigenvalue weighted by Crippen LogP contribution is 2.22. The first-order valence-corrected chi connectivity index (χ1v) is 6.78. The van der Waals surface area contributed by atoms with E-state index in [-0.39, 0.29) is 6.61 Å². The number of benzene rings is 1. The fourth-order valence-corrected chi connectivity index (χ4v) is 2.77. The summed E-state index contributed by atoms with van der Waals surface area (Å²) in [5, 5.41) is 10.3. The van der Waals surface area contributed by atoms with Crippen molar-refractivity contribution in [2.75, 3.05) is 14.2 Å². The first-order valence-electron chi connectivity index (χ1n) is 5.97. The molecule has 0 atom stereocenters. The van der Waals surface area contributed by atoms with Crippen LogP contribution < -0.4 is 4.74 Å². The lowest BCUT2D eigenvalue weighted by molar-refractivity contribution is 0.178. The van der Waals surface area contributed by atoms with Gasteiger partial charge in [-0.25, -0.2) is 4.98 Å². The molecule has 4 nitrogen and oxygen atoms in total. The average molecular weight is 279 g/mol. The molecular formula is C14H17NO3S. The maximum atomic E-state index is 9.29. The van der Waals surface area contributed by atoms with Crippen LogP contribution in [0.2, 0.25) is 0 Å². The molecule has 0 aliphatic rings. The standard InChI is InChI=1S/C14H17NO3S/c1-17-9-12-13(8-16)19-14(15-12)7-10-3-5-11(18-2)6-4-10/h3-6,16H,7-9H2,1-2H3. The van der Waals surface area contributed by atoms with Crippen LogP contribution in [0.5, 0.6) is 5.75 Å². The Kier molecular flexibility index (Phi) is 4.90. The molecule has 19 heavy (non-hydrogen) atoms. The van der Waals surface area contributed by atoms with E-state index in [9.17, 15) is 5.11 Å². The molecule has 1 heterocycles. The number of nitrogens with zero attached hydrogens (tertiary/aromatic N) is 1. The normalized spacial score (nSPS) is 10.7. The highest BCUT2D eigenvalue weighted by Gasteiger charge is 2.10. The van der Waals surface area contributed by atoms with Crippen LogP contribution in [0.1, 0.15) is 21.1 Å². The third-order valence-electron chi connectivity index (χ3n) is 2.76. The van der Waals surface area contributed by atoms with Gasteiger partial charge in [0.1, 0.15) is 5.75 Å².